The normalized spacial score (nSPS) is 15.6. The van der Waals surface area contributed by atoms with E-state index in [2.05, 4.69) is 10.3 Å². The fourth-order valence-corrected chi connectivity index (χ4v) is 2.78. The number of amides is 1. The van der Waals surface area contributed by atoms with E-state index in [1.807, 2.05) is 0 Å². The van der Waals surface area contributed by atoms with Crippen LogP contribution in [-0.4, -0.2) is 29.5 Å². The first-order chi connectivity index (χ1) is 10.7. The molecule has 1 heterocycles. The Bertz CT molecular complexity index is 674. The van der Waals surface area contributed by atoms with E-state index in [1.54, 1.807) is 18.2 Å². The molecule has 0 radical (unpaired) electrons. The molecule has 1 aromatic carbocycles. The van der Waals surface area contributed by atoms with Crippen LogP contribution in [0.2, 0.25) is 0 Å². The second-order valence-corrected chi connectivity index (χ2v) is 5.48. The molecule has 0 spiro atoms. The molecule has 1 saturated carbocycles. The molecule has 1 aliphatic carbocycles. The standard InChI is InChI=1S/C16H18N2O4/c19-14(18-11-5-2-1-3-6-11)9-21-16(20)12-7-4-8-13-15(12)17-10-22-13/h4,7-8,10-11H,1-3,5-6,9H2,(H,18,19). The molecule has 0 saturated heterocycles. The Hall–Kier alpha value is -2.37. The minimum absolute atomic E-state index is 0.207. The van der Waals surface area contributed by atoms with Crippen molar-refractivity contribution in [1.82, 2.24) is 10.3 Å². The summed E-state index contributed by atoms with van der Waals surface area (Å²) in [7, 11) is 0. The lowest BCUT2D eigenvalue weighted by Gasteiger charge is -2.22. The molecule has 22 heavy (non-hydrogen) atoms. The van der Waals surface area contributed by atoms with Crippen molar-refractivity contribution in [3.05, 3.63) is 30.2 Å². The average Bonchev–Trinajstić information content (AvgIpc) is 3.02. The Morgan fingerprint density at radius 3 is 2.91 bits per heavy atom. The number of para-hydroxylation sites is 1. The lowest BCUT2D eigenvalue weighted by Crippen LogP contribution is -2.38. The van der Waals surface area contributed by atoms with Gasteiger partial charge in [0.05, 0.1) is 5.56 Å². The van der Waals surface area contributed by atoms with Gasteiger partial charge in [0.25, 0.3) is 5.91 Å². The molecule has 6 nitrogen and oxygen atoms in total. The van der Waals surface area contributed by atoms with Crippen LogP contribution >= 0.6 is 0 Å². The molecule has 2 aromatic rings. The minimum atomic E-state index is -0.571. The van der Waals surface area contributed by atoms with Crippen molar-refractivity contribution in [2.45, 2.75) is 38.1 Å². The Balaban J connectivity index is 1.55. The summed E-state index contributed by atoms with van der Waals surface area (Å²) in [6.07, 6.45) is 6.77. The number of aromatic nitrogens is 1. The maximum Gasteiger partial charge on any atom is 0.340 e. The van der Waals surface area contributed by atoms with Crippen LogP contribution in [0.25, 0.3) is 11.1 Å². The van der Waals surface area contributed by atoms with E-state index in [-0.39, 0.29) is 18.6 Å². The zero-order chi connectivity index (χ0) is 15.4. The van der Waals surface area contributed by atoms with Crippen LogP contribution in [0.15, 0.2) is 29.0 Å². The summed E-state index contributed by atoms with van der Waals surface area (Å²) in [4.78, 5) is 27.9. The Kier molecular flexibility index (Phi) is 4.37. The average molecular weight is 302 g/mol. The number of fused-ring (bicyclic) bond motifs is 1. The van der Waals surface area contributed by atoms with Crippen LogP contribution in [0.3, 0.4) is 0 Å². The zero-order valence-electron chi connectivity index (χ0n) is 12.2. The van der Waals surface area contributed by atoms with Gasteiger partial charge in [-0.15, -0.1) is 0 Å². The van der Waals surface area contributed by atoms with Gasteiger partial charge in [-0.05, 0) is 25.0 Å². The van der Waals surface area contributed by atoms with Gasteiger partial charge in [0, 0.05) is 6.04 Å². The van der Waals surface area contributed by atoms with Gasteiger partial charge in [-0.1, -0.05) is 25.3 Å². The molecule has 1 N–H and O–H groups in total. The smallest absolute Gasteiger partial charge is 0.340 e. The van der Waals surface area contributed by atoms with Crippen molar-refractivity contribution in [3.63, 3.8) is 0 Å². The zero-order valence-corrected chi connectivity index (χ0v) is 12.2. The predicted molar refractivity (Wildman–Crippen MR) is 79.3 cm³/mol. The number of esters is 1. The lowest BCUT2D eigenvalue weighted by molar-refractivity contribution is -0.125. The van der Waals surface area contributed by atoms with E-state index in [1.165, 1.54) is 12.8 Å². The first-order valence-corrected chi connectivity index (χ1v) is 7.53. The second-order valence-electron chi connectivity index (χ2n) is 5.48. The van der Waals surface area contributed by atoms with Crippen molar-refractivity contribution in [1.29, 1.82) is 0 Å². The van der Waals surface area contributed by atoms with Crippen molar-refractivity contribution >= 4 is 23.0 Å². The van der Waals surface area contributed by atoms with Gasteiger partial charge in [-0.25, -0.2) is 9.78 Å². The molecule has 0 bridgehead atoms. The topological polar surface area (TPSA) is 81.4 Å². The highest BCUT2D eigenvalue weighted by atomic mass is 16.5. The summed E-state index contributed by atoms with van der Waals surface area (Å²) in [6.45, 7) is -0.274. The molecular formula is C16H18N2O4. The molecule has 0 atom stereocenters. The molecule has 3 rings (SSSR count). The summed E-state index contributed by atoms with van der Waals surface area (Å²) < 4.78 is 10.2. The van der Waals surface area contributed by atoms with Crippen LogP contribution in [-0.2, 0) is 9.53 Å². The highest BCUT2D eigenvalue weighted by molar-refractivity contribution is 6.01. The van der Waals surface area contributed by atoms with Crippen LogP contribution in [0.4, 0.5) is 0 Å². The Morgan fingerprint density at radius 2 is 2.09 bits per heavy atom. The Labute approximate surface area is 127 Å². The molecular weight excluding hydrogens is 284 g/mol. The summed E-state index contributed by atoms with van der Waals surface area (Å²) in [6, 6.07) is 5.21. The number of oxazole rings is 1. The van der Waals surface area contributed by atoms with E-state index in [9.17, 15) is 9.59 Å². The number of nitrogens with one attached hydrogen (secondary N) is 1. The minimum Gasteiger partial charge on any atom is -0.452 e. The fraction of sp³-hybridized carbons (Fsp3) is 0.438. The molecule has 0 unspecified atom stereocenters. The third kappa shape index (κ3) is 3.27. The van der Waals surface area contributed by atoms with Crippen LogP contribution in [0, 0.1) is 0 Å². The molecule has 1 aliphatic rings. The maximum atomic E-state index is 12.1. The number of carbonyl (C=O) groups excluding carboxylic acids is 2. The van der Waals surface area contributed by atoms with Crippen molar-refractivity contribution in [2.24, 2.45) is 0 Å². The SMILES string of the molecule is O=C(COC(=O)c1cccc2ocnc12)NC1CCCCC1. The predicted octanol–water partition coefficient (Wildman–Crippen LogP) is 2.43. The number of benzene rings is 1. The quantitative estimate of drug-likeness (QED) is 0.877. The first-order valence-electron chi connectivity index (χ1n) is 7.53. The van der Waals surface area contributed by atoms with Gasteiger partial charge in [0.1, 0.15) is 5.52 Å². The van der Waals surface area contributed by atoms with E-state index in [0.29, 0.717) is 16.7 Å². The Morgan fingerprint density at radius 1 is 1.27 bits per heavy atom. The number of hydrogen-bond donors (Lipinski definition) is 1. The summed E-state index contributed by atoms with van der Waals surface area (Å²) >= 11 is 0. The number of hydrogen-bond acceptors (Lipinski definition) is 5. The van der Waals surface area contributed by atoms with Gasteiger partial charge in [0.15, 0.2) is 18.6 Å². The van der Waals surface area contributed by atoms with E-state index in [4.69, 9.17) is 9.15 Å². The summed E-state index contributed by atoms with van der Waals surface area (Å²) in [5.41, 5.74) is 1.26. The third-order valence-electron chi connectivity index (χ3n) is 3.89. The number of carbonyl (C=O) groups is 2. The second kappa shape index (κ2) is 6.60. The van der Waals surface area contributed by atoms with Crippen molar-refractivity contribution < 1.29 is 18.7 Å². The molecule has 0 aliphatic heterocycles. The van der Waals surface area contributed by atoms with Crippen LogP contribution < -0.4 is 5.32 Å². The van der Waals surface area contributed by atoms with Gasteiger partial charge in [-0.3, -0.25) is 4.79 Å². The van der Waals surface area contributed by atoms with Gasteiger partial charge < -0.3 is 14.5 Å². The molecule has 116 valence electrons. The molecule has 1 fully saturated rings. The van der Waals surface area contributed by atoms with Crippen molar-refractivity contribution in [2.75, 3.05) is 6.61 Å². The van der Waals surface area contributed by atoms with Gasteiger partial charge >= 0.3 is 5.97 Å². The van der Waals surface area contributed by atoms with E-state index in [0.717, 1.165) is 25.7 Å². The van der Waals surface area contributed by atoms with E-state index >= 15 is 0 Å². The van der Waals surface area contributed by atoms with Crippen LogP contribution in [0.5, 0.6) is 0 Å². The summed E-state index contributed by atoms with van der Waals surface area (Å²) in [5, 5.41) is 2.91. The number of nitrogens with zero attached hydrogens (tertiary/aromatic N) is 1. The van der Waals surface area contributed by atoms with E-state index < -0.39 is 5.97 Å². The van der Waals surface area contributed by atoms with Crippen molar-refractivity contribution in [3.8, 4) is 0 Å². The summed E-state index contributed by atoms with van der Waals surface area (Å²) in [5.74, 6) is -0.828. The van der Waals surface area contributed by atoms with Gasteiger partial charge in [0.2, 0.25) is 0 Å². The maximum absolute atomic E-state index is 12.1. The van der Waals surface area contributed by atoms with Crippen LogP contribution in [0.1, 0.15) is 42.5 Å². The third-order valence-corrected chi connectivity index (χ3v) is 3.89. The fourth-order valence-electron chi connectivity index (χ4n) is 2.78. The highest BCUT2D eigenvalue weighted by Crippen LogP contribution is 2.18. The number of rotatable bonds is 4. The molecule has 6 heteroatoms. The number of ether oxygens (including phenoxy) is 1. The molecule has 1 aromatic heterocycles. The van der Waals surface area contributed by atoms with Gasteiger partial charge in [-0.2, -0.15) is 0 Å². The monoisotopic (exact) mass is 302 g/mol. The largest absolute Gasteiger partial charge is 0.452 e. The lowest BCUT2D eigenvalue weighted by atomic mass is 9.95. The first kappa shape index (κ1) is 14.6. The highest BCUT2D eigenvalue weighted by Gasteiger charge is 2.18. The molecule has 1 amide bonds.